The van der Waals surface area contributed by atoms with E-state index in [-0.39, 0.29) is 17.9 Å². The van der Waals surface area contributed by atoms with Crippen LogP contribution in [0.5, 0.6) is 5.75 Å². The van der Waals surface area contributed by atoms with Gasteiger partial charge in [-0.2, -0.15) is 17.6 Å². The Morgan fingerprint density at radius 3 is 2.61 bits per heavy atom. The fraction of sp³-hybridized carbons (Fsp3) is 0.500. The number of rotatable bonds is 5. The first-order valence-corrected chi connectivity index (χ1v) is 11.2. The summed E-state index contributed by atoms with van der Waals surface area (Å²) >= 11 is 0. The first kappa shape index (κ1) is 26.2. The Hall–Kier alpha value is -2.83. The van der Waals surface area contributed by atoms with E-state index >= 15 is 0 Å². The van der Waals surface area contributed by atoms with Crippen molar-refractivity contribution < 1.29 is 41.0 Å². The molecular weight excluding hydrogens is 489 g/mol. The summed E-state index contributed by atoms with van der Waals surface area (Å²) < 4.78 is 86.3. The van der Waals surface area contributed by atoms with Crippen molar-refractivity contribution in [2.24, 2.45) is 11.7 Å². The van der Waals surface area contributed by atoms with E-state index in [0.29, 0.717) is 18.7 Å². The van der Waals surface area contributed by atoms with Gasteiger partial charge in [0, 0.05) is 35.9 Å². The summed E-state index contributed by atoms with van der Waals surface area (Å²) in [6, 6.07) is 4.85. The lowest BCUT2D eigenvalue weighted by atomic mass is 9.77. The number of amides is 1. The Morgan fingerprint density at radius 2 is 2.00 bits per heavy atom. The molecule has 0 saturated carbocycles. The molecule has 2 aliphatic heterocycles. The molecule has 1 aromatic heterocycles. The molecule has 2 aliphatic rings. The maximum absolute atomic E-state index is 14.5. The lowest BCUT2D eigenvalue weighted by molar-refractivity contribution is -0.272. The number of hydrogen-bond donors (Lipinski definition) is 2. The second-order valence-electron chi connectivity index (χ2n) is 9.32. The predicted octanol–water partition coefficient (Wildman–Crippen LogP) is 4.02. The number of carbonyl (C=O) groups excluding carboxylic acids is 1. The SMILES string of the molecule is COc1c([C@H]2[C@H](C(=O)Nc3ccnc([C@@]4(N)CCOC4)c3)O[C@@](C)(C(F)(F)F)[C@H]2C)ccc(F)c1F. The van der Waals surface area contributed by atoms with Crippen LogP contribution in [-0.4, -0.2) is 49.1 Å². The minimum atomic E-state index is -4.86. The summed E-state index contributed by atoms with van der Waals surface area (Å²) in [5, 5.41) is 2.56. The zero-order valence-electron chi connectivity index (χ0n) is 19.8. The maximum atomic E-state index is 14.5. The standard InChI is InChI=1S/C24H26F5N3O4/c1-12-17(14-4-5-15(25)18(26)19(14)34-3)20(36-22(12,2)24(27,28)29)21(33)32-13-6-8-31-16(10-13)23(30)7-9-35-11-23/h4-6,8,10,12,17,20H,7,9,11,30H2,1-3H3,(H,31,32,33)/t12-,17-,20+,22+,23+/m0/s1. The molecule has 2 aromatic rings. The molecule has 3 heterocycles. The summed E-state index contributed by atoms with van der Waals surface area (Å²) in [7, 11) is 1.06. The van der Waals surface area contributed by atoms with E-state index in [1.54, 1.807) is 0 Å². The molecule has 2 saturated heterocycles. The van der Waals surface area contributed by atoms with E-state index in [9.17, 15) is 26.7 Å². The van der Waals surface area contributed by atoms with Crippen molar-refractivity contribution in [2.75, 3.05) is 25.6 Å². The molecule has 3 N–H and O–H groups in total. The number of halogens is 5. The Balaban J connectivity index is 1.72. The minimum Gasteiger partial charge on any atom is -0.493 e. The third kappa shape index (κ3) is 4.31. The van der Waals surface area contributed by atoms with Crippen molar-refractivity contribution >= 4 is 11.6 Å². The van der Waals surface area contributed by atoms with E-state index in [0.717, 1.165) is 26.2 Å². The number of carbonyl (C=O) groups is 1. The first-order valence-electron chi connectivity index (χ1n) is 11.2. The van der Waals surface area contributed by atoms with Crippen molar-refractivity contribution in [1.82, 2.24) is 4.98 Å². The molecule has 0 spiro atoms. The number of anilines is 1. The number of pyridine rings is 1. The van der Waals surface area contributed by atoms with Crippen LogP contribution in [0, 0.1) is 17.6 Å². The van der Waals surface area contributed by atoms with Crippen LogP contribution in [-0.2, 0) is 19.8 Å². The molecule has 36 heavy (non-hydrogen) atoms. The lowest BCUT2D eigenvalue weighted by Gasteiger charge is -2.32. The van der Waals surface area contributed by atoms with E-state index in [2.05, 4.69) is 10.3 Å². The monoisotopic (exact) mass is 515 g/mol. The van der Waals surface area contributed by atoms with Gasteiger partial charge < -0.3 is 25.3 Å². The molecule has 1 aromatic carbocycles. The van der Waals surface area contributed by atoms with Gasteiger partial charge in [-0.3, -0.25) is 9.78 Å². The summed E-state index contributed by atoms with van der Waals surface area (Å²) in [6.07, 6.45) is -4.65. The van der Waals surface area contributed by atoms with Crippen LogP contribution in [0.4, 0.5) is 27.6 Å². The molecule has 2 fully saturated rings. The maximum Gasteiger partial charge on any atom is 0.417 e. The zero-order chi connectivity index (χ0) is 26.5. The van der Waals surface area contributed by atoms with Crippen LogP contribution in [0.15, 0.2) is 30.5 Å². The lowest BCUT2D eigenvalue weighted by Crippen LogP contribution is -2.47. The molecule has 12 heteroatoms. The normalized spacial score (nSPS) is 30.4. The summed E-state index contributed by atoms with van der Waals surface area (Å²) in [6.45, 7) is 2.74. The van der Waals surface area contributed by atoms with Gasteiger partial charge >= 0.3 is 6.18 Å². The Morgan fingerprint density at radius 1 is 1.28 bits per heavy atom. The van der Waals surface area contributed by atoms with Gasteiger partial charge in [0.1, 0.15) is 6.10 Å². The Labute approximate surface area is 204 Å². The van der Waals surface area contributed by atoms with Gasteiger partial charge in [0.25, 0.3) is 5.91 Å². The molecule has 7 nitrogen and oxygen atoms in total. The number of nitrogens with one attached hydrogen (secondary N) is 1. The number of hydrogen-bond acceptors (Lipinski definition) is 6. The Kier molecular flexibility index (Phi) is 6.73. The highest BCUT2D eigenvalue weighted by Gasteiger charge is 2.66. The summed E-state index contributed by atoms with van der Waals surface area (Å²) in [5.41, 5.74) is 3.27. The van der Waals surface area contributed by atoms with Crippen LogP contribution in [0.2, 0.25) is 0 Å². The van der Waals surface area contributed by atoms with Crippen LogP contribution in [0.3, 0.4) is 0 Å². The molecule has 0 bridgehead atoms. The van der Waals surface area contributed by atoms with Crippen molar-refractivity contribution in [2.45, 2.75) is 49.6 Å². The minimum absolute atomic E-state index is 0.114. The number of benzene rings is 1. The largest absolute Gasteiger partial charge is 0.493 e. The van der Waals surface area contributed by atoms with Crippen molar-refractivity contribution in [3.05, 3.63) is 53.4 Å². The number of nitrogens with zero attached hydrogens (tertiary/aromatic N) is 1. The van der Waals surface area contributed by atoms with Gasteiger partial charge in [-0.05, 0) is 31.5 Å². The van der Waals surface area contributed by atoms with E-state index in [4.69, 9.17) is 19.9 Å². The summed E-state index contributed by atoms with van der Waals surface area (Å²) in [4.78, 5) is 17.6. The molecule has 1 amide bonds. The molecule has 0 aliphatic carbocycles. The van der Waals surface area contributed by atoms with Crippen LogP contribution in [0.25, 0.3) is 0 Å². The third-order valence-electron chi connectivity index (χ3n) is 7.16. The molecule has 0 unspecified atom stereocenters. The van der Waals surface area contributed by atoms with Crippen LogP contribution >= 0.6 is 0 Å². The highest BCUT2D eigenvalue weighted by molar-refractivity contribution is 5.95. The average Bonchev–Trinajstić information content (AvgIpc) is 3.38. The number of ether oxygens (including phenoxy) is 3. The van der Waals surface area contributed by atoms with Crippen molar-refractivity contribution in [1.29, 1.82) is 0 Å². The van der Waals surface area contributed by atoms with Gasteiger partial charge in [-0.1, -0.05) is 13.0 Å². The topological polar surface area (TPSA) is 95.7 Å². The quantitative estimate of drug-likeness (QED) is 0.585. The fourth-order valence-corrected chi connectivity index (χ4v) is 4.82. The Bertz CT molecular complexity index is 1160. The summed E-state index contributed by atoms with van der Waals surface area (Å²) in [5.74, 6) is -6.77. The highest BCUT2D eigenvalue weighted by Crippen LogP contribution is 2.55. The third-order valence-corrected chi connectivity index (χ3v) is 7.16. The number of alkyl halides is 3. The number of aromatic nitrogens is 1. The second kappa shape index (κ2) is 9.24. The highest BCUT2D eigenvalue weighted by atomic mass is 19.4. The molecule has 196 valence electrons. The number of nitrogens with two attached hydrogens (primary N) is 1. The van der Waals surface area contributed by atoms with Gasteiger partial charge in [0.15, 0.2) is 17.2 Å². The van der Waals surface area contributed by atoms with Crippen LogP contribution in [0.1, 0.15) is 37.4 Å². The van der Waals surface area contributed by atoms with Gasteiger partial charge in [0.2, 0.25) is 5.82 Å². The fourth-order valence-electron chi connectivity index (χ4n) is 4.82. The molecule has 4 rings (SSSR count). The second-order valence-corrected chi connectivity index (χ2v) is 9.32. The van der Waals surface area contributed by atoms with Gasteiger partial charge in [-0.15, -0.1) is 0 Å². The average molecular weight is 515 g/mol. The van der Waals surface area contributed by atoms with Crippen LogP contribution < -0.4 is 15.8 Å². The van der Waals surface area contributed by atoms with E-state index < -0.39 is 58.5 Å². The van der Waals surface area contributed by atoms with E-state index in [1.807, 2.05) is 0 Å². The molecule has 5 atom stereocenters. The smallest absolute Gasteiger partial charge is 0.417 e. The van der Waals surface area contributed by atoms with Gasteiger partial charge in [0.05, 0.1) is 24.9 Å². The molecule has 0 radical (unpaired) electrons. The van der Waals surface area contributed by atoms with Crippen molar-refractivity contribution in [3.63, 3.8) is 0 Å². The number of methoxy groups -OCH3 is 1. The first-order chi connectivity index (χ1) is 16.8. The predicted molar refractivity (Wildman–Crippen MR) is 118 cm³/mol. The van der Waals surface area contributed by atoms with Crippen molar-refractivity contribution in [3.8, 4) is 5.75 Å². The molecular formula is C24H26F5N3O4. The zero-order valence-corrected chi connectivity index (χ0v) is 19.8. The van der Waals surface area contributed by atoms with E-state index in [1.165, 1.54) is 25.3 Å². The van der Waals surface area contributed by atoms with Gasteiger partial charge in [-0.25, -0.2) is 4.39 Å².